The number of hydrogen-bond acceptors (Lipinski definition) is 3. The molecule has 1 saturated heterocycles. The van der Waals surface area contributed by atoms with Crippen molar-refractivity contribution in [2.24, 2.45) is 11.8 Å². The van der Waals surface area contributed by atoms with Crippen LogP contribution in [-0.4, -0.2) is 37.1 Å². The number of ether oxygens (including phenoxy) is 1. The van der Waals surface area contributed by atoms with Crippen molar-refractivity contribution in [3.63, 3.8) is 0 Å². The van der Waals surface area contributed by atoms with Gasteiger partial charge in [-0.3, -0.25) is 9.69 Å². The summed E-state index contributed by atoms with van der Waals surface area (Å²) in [6, 6.07) is 0. The Kier molecular flexibility index (Phi) is 3.72. The van der Waals surface area contributed by atoms with Crippen LogP contribution in [0.4, 0.5) is 0 Å². The van der Waals surface area contributed by atoms with E-state index in [1.165, 1.54) is 0 Å². The maximum absolute atomic E-state index is 11.1. The van der Waals surface area contributed by atoms with E-state index in [1.54, 1.807) is 0 Å². The number of likely N-dealkylation sites (tertiary alicyclic amines) is 1. The van der Waals surface area contributed by atoms with E-state index < -0.39 is 0 Å². The zero-order chi connectivity index (χ0) is 9.84. The van der Waals surface area contributed by atoms with Crippen LogP contribution < -0.4 is 0 Å². The van der Waals surface area contributed by atoms with Gasteiger partial charge in [0.2, 0.25) is 0 Å². The average Bonchev–Trinajstić information content (AvgIpc) is 2.31. The maximum Gasteiger partial charge on any atom is 0.320 e. The van der Waals surface area contributed by atoms with Gasteiger partial charge in [0.25, 0.3) is 0 Å². The molecule has 0 aromatic heterocycles. The van der Waals surface area contributed by atoms with Crippen molar-refractivity contribution < 1.29 is 9.53 Å². The minimum absolute atomic E-state index is 0.0937. The fourth-order valence-electron chi connectivity index (χ4n) is 1.77. The largest absolute Gasteiger partial charge is 0.465 e. The molecule has 0 N–H and O–H groups in total. The van der Waals surface area contributed by atoms with Crippen molar-refractivity contribution in [1.82, 2.24) is 4.90 Å². The molecule has 1 aliphatic rings. The van der Waals surface area contributed by atoms with Gasteiger partial charge >= 0.3 is 5.97 Å². The van der Waals surface area contributed by atoms with Crippen molar-refractivity contribution in [3.05, 3.63) is 0 Å². The lowest BCUT2D eigenvalue weighted by Gasteiger charge is -2.13. The molecule has 1 heterocycles. The van der Waals surface area contributed by atoms with Crippen molar-refractivity contribution in [3.8, 4) is 0 Å². The summed E-state index contributed by atoms with van der Waals surface area (Å²) in [5.41, 5.74) is 0. The van der Waals surface area contributed by atoms with Crippen LogP contribution in [0.1, 0.15) is 20.8 Å². The number of carbonyl (C=O) groups excluding carboxylic acids is 1. The maximum atomic E-state index is 11.1. The number of nitrogens with zero attached hydrogens (tertiary/aromatic N) is 1. The lowest BCUT2D eigenvalue weighted by molar-refractivity contribution is -0.144. The summed E-state index contributed by atoms with van der Waals surface area (Å²) in [5.74, 6) is 1.31. The van der Waals surface area contributed by atoms with Gasteiger partial charge in [-0.1, -0.05) is 13.8 Å². The first-order valence-electron chi connectivity index (χ1n) is 5.01. The van der Waals surface area contributed by atoms with Crippen LogP contribution >= 0.6 is 0 Å². The Labute approximate surface area is 80.1 Å². The second-order valence-electron chi connectivity index (χ2n) is 3.95. The van der Waals surface area contributed by atoms with E-state index in [2.05, 4.69) is 18.7 Å². The molecule has 1 rings (SSSR count). The molecule has 0 amide bonds. The smallest absolute Gasteiger partial charge is 0.320 e. The van der Waals surface area contributed by atoms with Crippen LogP contribution in [0, 0.1) is 11.8 Å². The quantitative estimate of drug-likeness (QED) is 0.617. The Hall–Kier alpha value is -0.570. The predicted octanol–water partition coefficient (Wildman–Crippen LogP) is 1.14. The molecule has 3 nitrogen and oxygen atoms in total. The summed E-state index contributed by atoms with van der Waals surface area (Å²) >= 11 is 0. The van der Waals surface area contributed by atoms with E-state index in [0.29, 0.717) is 25.0 Å². The SMILES string of the molecule is CCOC(=O)CN1CC(C)C(C)C1. The first-order chi connectivity index (χ1) is 6.13. The van der Waals surface area contributed by atoms with Gasteiger partial charge in [-0.05, 0) is 18.8 Å². The molecule has 0 aromatic rings. The molecule has 76 valence electrons. The fourth-order valence-corrected chi connectivity index (χ4v) is 1.77. The molecule has 1 aliphatic heterocycles. The summed E-state index contributed by atoms with van der Waals surface area (Å²) < 4.78 is 4.89. The normalized spacial score (nSPS) is 29.2. The Morgan fingerprint density at radius 1 is 1.38 bits per heavy atom. The van der Waals surface area contributed by atoms with Gasteiger partial charge in [-0.15, -0.1) is 0 Å². The van der Waals surface area contributed by atoms with E-state index in [-0.39, 0.29) is 5.97 Å². The molecule has 2 atom stereocenters. The standard InChI is InChI=1S/C10H19NO2/c1-4-13-10(12)7-11-5-8(2)9(3)6-11/h8-9H,4-7H2,1-3H3. The molecule has 0 aliphatic carbocycles. The predicted molar refractivity (Wildman–Crippen MR) is 51.4 cm³/mol. The zero-order valence-corrected chi connectivity index (χ0v) is 8.75. The van der Waals surface area contributed by atoms with Gasteiger partial charge in [0.05, 0.1) is 13.2 Å². The lowest BCUT2D eigenvalue weighted by atomic mass is 10.0. The Morgan fingerprint density at radius 3 is 2.38 bits per heavy atom. The summed E-state index contributed by atoms with van der Waals surface area (Å²) in [6.07, 6.45) is 0. The van der Waals surface area contributed by atoms with Crippen LogP contribution in [0.25, 0.3) is 0 Å². The third kappa shape index (κ3) is 2.99. The van der Waals surface area contributed by atoms with Crippen molar-refractivity contribution in [2.75, 3.05) is 26.2 Å². The van der Waals surface area contributed by atoms with Crippen molar-refractivity contribution >= 4 is 5.97 Å². The van der Waals surface area contributed by atoms with Gasteiger partial charge in [0, 0.05) is 13.1 Å². The highest BCUT2D eigenvalue weighted by Gasteiger charge is 2.27. The number of hydrogen-bond donors (Lipinski definition) is 0. The zero-order valence-electron chi connectivity index (χ0n) is 8.75. The van der Waals surface area contributed by atoms with E-state index in [0.717, 1.165) is 13.1 Å². The fraction of sp³-hybridized carbons (Fsp3) is 0.900. The van der Waals surface area contributed by atoms with Crippen LogP contribution in [0.5, 0.6) is 0 Å². The number of rotatable bonds is 3. The second-order valence-corrected chi connectivity index (χ2v) is 3.95. The monoisotopic (exact) mass is 185 g/mol. The molecule has 0 bridgehead atoms. The second kappa shape index (κ2) is 4.61. The number of carbonyl (C=O) groups is 1. The third-order valence-electron chi connectivity index (χ3n) is 2.72. The van der Waals surface area contributed by atoms with E-state index in [4.69, 9.17) is 4.74 Å². The molecule has 1 fully saturated rings. The molecule has 0 spiro atoms. The first kappa shape index (κ1) is 10.5. The molecule has 3 heteroatoms. The lowest BCUT2D eigenvalue weighted by Crippen LogP contribution is -2.29. The highest BCUT2D eigenvalue weighted by Crippen LogP contribution is 2.21. The summed E-state index contributed by atoms with van der Waals surface area (Å²) in [4.78, 5) is 13.3. The minimum atomic E-state index is -0.0937. The molecule has 13 heavy (non-hydrogen) atoms. The van der Waals surface area contributed by atoms with Crippen molar-refractivity contribution in [1.29, 1.82) is 0 Å². The molecule has 0 saturated carbocycles. The third-order valence-corrected chi connectivity index (χ3v) is 2.72. The van der Waals surface area contributed by atoms with Gasteiger partial charge < -0.3 is 4.74 Å². The van der Waals surface area contributed by atoms with E-state index >= 15 is 0 Å². The summed E-state index contributed by atoms with van der Waals surface area (Å²) in [5, 5.41) is 0. The summed E-state index contributed by atoms with van der Waals surface area (Å²) in [6.45, 7) is 9.30. The topological polar surface area (TPSA) is 29.5 Å². The van der Waals surface area contributed by atoms with Gasteiger partial charge in [0.1, 0.15) is 0 Å². The summed E-state index contributed by atoms with van der Waals surface area (Å²) in [7, 11) is 0. The minimum Gasteiger partial charge on any atom is -0.465 e. The molecular formula is C10H19NO2. The molecule has 0 aromatic carbocycles. The molecule has 0 radical (unpaired) electrons. The van der Waals surface area contributed by atoms with Crippen LogP contribution in [0.15, 0.2) is 0 Å². The van der Waals surface area contributed by atoms with Gasteiger partial charge in [0.15, 0.2) is 0 Å². The van der Waals surface area contributed by atoms with Crippen LogP contribution in [0.3, 0.4) is 0 Å². The highest BCUT2D eigenvalue weighted by molar-refractivity contribution is 5.71. The highest BCUT2D eigenvalue weighted by atomic mass is 16.5. The average molecular weight is 185 g/mol. The van der Waals surface area contributed by atoms with Crippen LogP contribution in [-0.2, 0) is 9.53 Å². The van der Waals surface area contributed by atoms with Crippen LogP contribution in [0.2, 0.25) is 0 Å². The Morgan fingerprint density at radius 2 is 1.92 bits per heavy atom. The Balaban J connectivity index is 2.27. The number of esters is 1. The van der Waals surface area contributed by atoms with Gasteiger partial charge in [-0.2, -0.15) is 0 Å². The van der Waals surface area contributed by atoms with E-state index in [9.17, 15) is 4.79 Å². The van der Waals surface area contributed by atoms with E-state index in [1.807, 2.05) is 6.92 Å². The first-order valence-corrected chi connectivity index (χ1v) is 5.01. The van der Waals surface area contributed by atoms with Crippen molar-refractivity contribution in [2.45, 2.75) is 20.8 Å². The molecular weight excluding hydrogens is 166 g/mol. The Bertz CT molecular complexity index is 172. The molecule has 2 unspecified atom stereocenters. The van der Waals surface area contributed by atoms with Gasteiger partial charge in [-0.25, -0.2) is 0 Å².